The van der Waals surface area contributed by atoms with Crippen LogP contribution >= 0.6 is 0 Å². The Morgan fingerprint density at radius 1 is 1.52 bits per heavy atom. The van der Waals surface area contributed by atoms with Crippen molar-refractivity contribution in [1.82, 2.24) is 19.8 Å². The number of nitrogens with zero attached hydrogens (tertiary/aromatic N) is 2. The first kappa shape index (κ1) is 15.9. The smallest absolute Gasteiger partial charge is 0.357 e. The van der Waals surface area contributed by atoms with E-state index in [1.54, 1.807) is 0 Å². The van der Waals surface area contributed by atoms with Gasteiger partial charge in [0.05, 0.1) is 5.69 Å². The number of aryl methyl sites for hydroxylation is 1. The molecule has 0 bridgehead atoms. The lowest BCUT2D eigenvalue weighted by Crippen LogP contribution is -2.36. The largest absolute Gasteiger partial charge is 0.476 e. The molecule has 0 aliphatic heterocycles. The Morgan fingerprint density at radius 2 is 2.19 bits per heavy atom. The lowest BCUT2D eigenvalue weighted by molar-refractivity contribution is 0.0686. The number of hydrogen-bond donors (Lipinski definition) is 3. The Labute approximate surface area is 123 Å². The first-order valence-electron chi connectivity index (χ1n) is 6.88. The number of likely N-dealkylation sites (N-methyl/N-ethyl adjacent to an activating group) is 1. The van der Waals surface area contributed by atoms with Crippen LogP contribution < -0.4 is 4.72 Å². The van der Waals surface area contributed by atoms with Crippen molar-refractivity contribution in [2.45, 2.75) is 37.6 Å². The summed E-state index contributed by atoms with van der Waals surface area (Å²) in [7, 11) is -3.88. The summed E-state index contributed by atoms with van der Waals surface area (Å²) in [4.78, 5) is 12.9. The predicted octanol–water partition coefficient (Wildman–Crippen LogP) is 0.179. The normalized spacial score (nSPS) is 15.6. The molecular formula is C12H20N4O4S. The van der Waals surface area contributed by atoms with Crippen LogP contribution in [0.3, 0.4) is 0 Å². The van der Waals surface area contributed by atoms with Gasteiger partial charge in [-0.05, 0) is 26.3 Å². The van der Waals surface area contributed by atoms with E-state index >= 15 is 0 Å². The van der Waals surface area contributed by atoms with Crippen LogP contribution in [0.25, 0.3) is 0 Å². The number of nitrogens with one attached hydrogen (secondary N) is 2. The van der Waals surface area contributed by atoms with Gasteiger partial charge < -0.3 is 5.11 Å². The second-order valence-corrected chi connectivity index (χ2v) is 6.79. The fourth-order valence-corrected chi connectivity index (χ4v) is 3.67. The van der Waals surface area contributed by atoms with E-state index in [1.807, 2.05) is 6.92 Å². The van der Waals surface area contributed by atoms with Crippen molar-refractivity contribution in [3.05, 3.63) is 11.4 Å². The van der Waals surface area contributed by atoms with Crippen LogP contribution in [-0.2, 0) is 10.0 Å². The van der Waals surface area contributed by atoms with Crippen LogP contribution in [0.15, 0.2) is 4.90 Å². The molecule has 9 heteroatoms. The van der Waals surface area contributed by atoms with Gasteiger partial charge >= 0.3 is 5.97 Å². The number of carboxylic acid groups (broad SMARTS) is 1. The summed E-state index contributed by atoms with van der Waals surface area (Å²) in [6, 6.07) is 0.560. The van der Waals surface area contributed by atoms with Gasteiger partial charge in [-0.15, -0.1) is 0 Å². The van der Waals surface area contributed by atoms with Gasteiger partial charge in [-0.1, -0.05) is 6.92 Å². The zero-order chi connectivity index (χ0) is 15.6. The molecule has 1 aromatic heterocycles. The molecule has 1 aromatic rings. The van der Waals surface area contributed by atoms with Gasteiger partial charge in [0.1, 0.15) is 4.90 Å². The van der Waals surface area contributed by atoms with Gasteiger partial charge in [0, 0.05) is 19.1 Å². The van der Waals surface area contributed by atoms with Crippen molar-refractivity contribution in [1.29, 1.82) is 0 Å². The summed E-state index contributed by atoms with van der Waals surface area (Å²) in [6.45, 7) is 5.25. The molecule has 3 N–H and O–H groups in total. The SMILES string of the molecule is CCN(CCNS(=O)(=O)c1c(C(=O)O)n[nH]c1C)C1CC1. The number of H-pyrrole nitrogens is 1. The number of hydrogen-bond acceptors (Lipinski definition) is 5. The Kier molecular flexibility index (Phi) is 4.64. The van der Waals surface area contributed by atoms with Crippen molar-refractivity contribution < 1.29 is 18.3 Å². The fraction of sp³-hybridized carbons (Fsp3) is 0.667. The average molecular weight is 316 g/mol. The maximum atomic E-state index is 12.2. The number of aromatic amines is 1. The van der Waals surface area contributed by atoms with Crippen molar-refractivity contribution in [3.63, 3.8) is 0 Å². The summed E-state index contributed by atoms with van der Waals surface area (Å²) in [5, 5.41) is 14.9. The number of aromatic nitrogens is 2. The van der Waals surface area contributed by atoms with Gasteiger partial charge in [-0.25, -0.2) is 17.9 Å². The van der Waals surface area contributed by atoms with Crippen LogP contribution in [0.5, 0.6) is 0 Å². The summed E-state index contributed by atoms with van der Waals surface area (Å²) in [5.74, 6) is -1.37. The van der Waals surface area contributed by atoms with Crippen molar-refractivity contribution in [2.24, 2.45) is 0 Å². The van der Waals surface area contributed by atoms with Crippen LogP contribution in [0, 0.1) is 6.92 Å². The second kappa shape index (κ2) is 6.12. The molecule has 0 amide bonds. The minimum absolute atomic E-state index is 0.217. The van der Waals surface area contributed by atoms with E-state index in [4.69, 9.17) is 5.11 Å². The lowest BCUT2D eigenvalue weighted by atomic mass is 10.4. The molecule has 1 heterocycles. The van der Waals surface area contributed by atoms with Gasteiger partial charge in [0.15, 0.2) is 5.69 Å². The maximum Gasteiger partial charge on any atom is 0.357 e. The zero-order valence-electron chi connectivity index (χ0n) is 12.1. The zero-order valence-corrected chi connectivity index (χ0v) is 12.9. The maximum absolute atomic E-state index is 12.2. The molecule has 0 spiro atoms. The molecule has 0 saturated heterocycles. The van der Waals surface area contributed by atoms with Gasteiger partial charge in [-0.2, -0.15) is 5.10 Å². The Morgan fingerprint density at radius 3 is 2.71 bits per heavy atom. The van der Waals surface area contributed by atoms with E-state index in [9.17, 15) is 13.2 Å². The molecule has 21 heavy (non-hydrogen) atoms. The van der Waals surface area contributed by atoms with E-state index in [0.29, 0.717) is 12.6 Å². The van der Waals surface area contributed by atoms with Gasteiger partial charge in [-0.3, -0.25) is 10.00 Å². The van der Waals surface area contributed by atoms with E-state index in [-0.39, 0.29) is 17.1 Å². The molecule has 1 aliphatic rings. The number of aromatic carboxylic acids is 1. The predicted molar refractivity (Wildman–Crippen MR) is 75.7 cm³/mol. The third kappa shape index (κ3) is 3.60. The monoisotopic (exact) mass is 316 g/mol. The molecule has 118 valence electrons. The minimum Gasteiger partial charge on any atom is -0.476 e. The molecule has 0 aromatic carbocycles. The number of carbonyl (C=O) groups is 1. The van der Waals surface area contributed by atoms with Crippen LogP contribution in [0.4, 0.5) is 0 Å². The fourth-order valence-electron chi connectivity index (χ4n) is 2.33. The first-order valence-corrected chi connectivity index (χ1v) is 8.37. The lowest BCUT2D eigenvalue weighted by Gasteiger charge is -2.19. The van der Waals surface area contributed by atoms with Crippen molar-refractivity contribution >= 4 is 16.0 Å². The molecule has 1 fully saturated rings. The van der Waals surface area contributed by atoms with E-state index in [0.717, 1.165) is 19.4 Å². The van der Waals surface area contributed by atoms with Crippen LogP contribution in [0.1, 0.15) is 35.9 Å². The highest BCUT2D eigenvalue weighted by Gasteiger charge is 2.30. The molecule has 8 nitrogen and oxygen atoms in total. The Balaban J connectivity index is 2.04. The van der Waals surface area contributed by atoms with Crippen LogP contribution in [-0.4, -0.2) is 60.3 Å². The second-order valence-electron chi connectivity index (χ2n) is 5.09. The Hall–Kier alpha value is -1.45. The average Bonchev–Trinajstić information content (AvgIpc) is 3.16. The van der Waals surface area contributed by atoms with E-state index < -0.39 is 21.7 Å². The van der Waals surface area contributed by atoms with Crippen LogP contribution in [0.2, 0.25) is 0 Å². The topological polar surface area (TPSA) is 115 Å². The molecular weight excluding hydrogens is 296 g/mol. The van der Waals surface area contributed by atoms with Gasteiger partial charge in [0.2, 0.25) is 10.0 Å². The molecule has 0 unspecified atom stereocenters. The van der Waals surface area contributed by atoms with Crippen molar-refractivity contribution in [3.8, 4) is 0 Å². The quantitative estimate of drug-likeness (QED) is 0.630. The number of carboxylic acids is 1. The highest BCUT2D eigenvalue weighted by Crippen LogP contribution is 2.26. The van der Waals surface area contributed by atoms with E-state index in [1.165, 1.54) is 6.92 Å². The van der Waals surface area contributed by atoms with E-state index in [2.05, 4.69) is 19.8 Å². The minimum atomic E-state index is -3.88. The summed E-state index contributed by atoms with van der Waals surface area (Å²) in [6.07, 6.45) is 2.31. The third-order valence-electron chi connectivity index (χ3n) is 3.52. The third-order valence-corrected chi connectivity index (χ3v) is 5.14. The summed E-state index contributed by atoms with van der Waals surface area (Å²) in [5.41, 5.74) is -0.260. The highest BCUT2D eigenvalue weighted by molar-refractivity contribution is 7.89. The highest BCUT2D eigenvalue weighted by atomic mass is 32.2. The molecule has 1 aliphatic carbocycles. The molecule has 2 rings (SSSR count). The number of sulfonamides is 1. The van der Waals surface area contributed by atoms with Gasteiger partial charge in [0.25, 0.3) is 0 Å². The molecule has 0 radical (unpaired) electrons. The first-order chi connectivity index (χ1) is 9.86. The number of rotatable bonds is 8. The molecule has 1 saturated carbocycles. The standard InChI is InChI=1S/C12H20N4O4S/c1-3-16(9-4-5-9)7-6-13-21(19,20)11-8(2)14-15-10(11)12(17)18/h9,13H,3-7H2,1-2H3,(H,14,15)(H,17,18). The summed E-state index contributed by atoms with van der Waals surface area (Å²) < 4.78 is 26.9. The molecule has 0 atom stereocenters. The summed E-state index contributed by atoms with van der Waals surface area (Å²) >= 11 is 0. The Bertz CT molecular complexity index is 621. The van der Waals surface area contributed by atoms with Crippen molar-refractivity contribution in [2.75, 3.05) is 19.6 Å².